The molecule has 1 aliphatic rings. The number of benzene rings is 1. The van der Waals surface area contributed by atoms with Gasteiger partial charge in [-0.3, -0.25) is 9.59 Å². The van der Waals surface area contributed by atoms with E-state index in [0.29, 0.717) is 17.1 Å². The first-order chi connectivity index (χ1) is 17.3. The van der Waals surface area contributed by atoms with E-state index in [1.54, 1.807) is 49.6 Å². The van der Waals surface area contributed by atoms with Crippen molar-refractivity contribution >= 4 is 23.9 Å². The van der Waals surface area contributed by atoms with Crippen molar-refractivity contribution in [1.29, 1.82) is 0 Å². The quantitative estimate of drug-likeness (QED) is 0.575. The van der Waals surface area contributed by atoms with Gasteiger partial charge in [-0.1, -0.05) is 30.3 Å². The summed E-state index contributed by atoms with van der Waals surface area (Å²) in [4.78, 5) is 62.6. The highest BCUT2D eigenvalue weighted by atomic mass is 16.5. The third-order valence-corrected chi connectivity index (χ3v) is 5.62. The summed E-state index contributed by atoms with van der Waals surface area (Å²) in [5.41, 5.74) is 0.972. The number of nitrogens with zero attached hydrogens (tertiary/aromatic N) is 4. The summed E-state index contributed by atoms with van der Waals surface area (Å²) in [6.45, 7) is 7.65. The van der Waals surface area contributed by atoms with Crippen LogP contribution in [0.5, 0.6) is 0 Å². The van der Waals surface area contributed by atoms with E-state index in [0.717, 1.165) is 0 Å². The van der Waals surface area contributed by atoms with Crippen LogP contribution in [-0.2, 0) is 14.3 Å². The Morgan fingerprint density at radius 3 is 2.36 bits per heavy atom. The number of hydrogen-bond acceptors (Lipinski definition) is 8. The van der Waals surface area contributed by atoms with Gasteiger partial charge in [-0.25, -0.2) is 19.6 Å². The molecule has 0 radical (unpaired) electrons. The summed E-state index contributed by atoms with van der Waals surface area (Å²) < 4.78 is 10.1. The van der Waals surface area contributed by atoms with E-state index in [1.807, 2.05) is 18.2 Å². The van der Waals surface area contributed by atoms with Crippen LogP contribution in [0.3, 0.4) is 0 Å². The molecule has 0 saturated carbocycles. The minimum absolute atomic E-state index is 0.0147. The fraction of sp³-hybridized carbons (Fsp3) is 0.440. The minimum Gasteiger partial charge on any atom is -0.465 e. The maximum absolute atomic E-state index is 13.6. The molecule has 11 nitrogen and oxygen atoms in total. The molecule has 3 rings (SSSR count). The van der Waals surface area contributed by atoms with Crippen LogP contribution >= 0.6 is 0 Å². The first-order valence-electron chi connectivity index (χ1n) is 11.9. The molecule has 1 aromatic carbocycles. The first kappa shape index (κ1) is 26.6. The predicted octanol–water partition coefficient (Wildman–Crippen LogP) is 2.05. The predicted molar refractivity (Wildman–Crippen MR) is 130 cm³/mol. The van der Waals surface area contributed by atoms with E-state index < -0.39 is 23.9 Å². The van der Waals surface area contributed by atoms with Crippen molar-refractivity contribution in [3.8, 4) is 11.3 Å². The first-order valence-corrected chi connectivity index (χ1v) is 11.9. The van der Waals surface area contributed by atoms with Crippen LogP contribution in [0.4, 0.5) is 4.79 Å². The van der Waals surface area contributed by atoms with Crippen LogP contribution in [0.25, 0.3) is 11.3 Å². The van der Waals surface area contributed by atoms with E-state index in [-0.39, 0.29) is 56.7 Å². The molecule has 1 atom stereocenters. The number of aromatic nitrogens is 2. The van der Waals surface area contributed by atoms with Gasteiger partial charge in [-0.2, -0.15) is 0 Å². The van der Waals surface area contributed by atoms with Gasteiger partial charge in [0.25, 0.3) is 5.91 Å². The highest BCUT2D eigenvalue weighted by molar-refractivity contribution is 6.07. The smallest absolute Gasteiger partial charge is 0.342 e. The molecule has 1 N–H and O–H groups in total. The molecule has 1 fully saturated rings. The summed E-state index contributed by atoms with van der Waals surface area (Å²) >= 11 is 0. The zero-order valence-electron chi connectivity index (χ0n) is 20.9. The summed E-state index contributed by atoms with van der Waals surface area (Å²) in [6.07, 6.45) is 0. The summed E-state index contributed by atoms with van der Waals surface area (Å²) in [7, 11) is 0. The van der Waals surface area contributed by atoms with E-state index >= 15 is 0 Å². The molecule has 0 bridgehead atoms. The van der Waals surface area contributed by atoms with Crippen molar-refractivity contribution in [2.45, 2.75) is 33.7 Å². The second kappa shape index (κ2) is 12.1. The monoisotopic (exact) mass is 497 g/mol. The van der Waals surface area contributed by atoms with E-state index in [9.17, 15) is 19.2 Å². The maximum Gasteiger partial charge on any atom is 0.342 e. The molecule has 1 aliphatic heterocycles. The molecule has 2 aromatic rings. The number of rotatable bonds is 7. The van der Waals surface area contributed by atoms with Crippen LogP contribution in [0.2, 0.25) is 0 Å². The fourth-order valence-corrected chi connectivity index (χ4v) is 3.98. The van der Waals surface area contributed by atoms with Gasteiger partial charge in [0.05, 0.1) is 18.9 Å². The minimum atomic E-state index is -0.676. The molecule has 3 amide bonds. The second-order valence-corrected chi connectivity index (χ2v) is 8.19. The van der Waals surface area contributed by atoms with Gasteiger partial charge >= 0.3 is 18.0 Å². The number of amides is 3. The van der Waals surface area contributed by atoms with Crippen LogP contribution in [0.15, 0.2) is 30.3 Å². The van der Waals surface area contributed by atoms with E-state index in [2.05, 4.69) is 15.3 Å². The Bertz CT molecular complexity index is 1120. The number of piperazine rings is 1. The van der Waals surface area contributed by atoms with Crippen molar-refractivity contribution in [2.75, 3.05) is 39.4 Å². The van der Waals surface area contributed by atoms with Crippen LogP contribution in [0.1, 0.15) is 47.4 Å². The second-order valence-electron chi connectivity index (χ2n) is 8.19. The van der Waals surface area contributed by atoms with E-state index in [4.69, 9.17) is 9.47 Å². The molecule has 11 heteroatoms. The van der Waals surface area contributed by atoms with Gasteiger partial charge in [0.15, 0.2) is 0 Å². The molecule has 1 aromatic heterocycles. The van der Waals surface area contributed by atoms with Gasteiger partial charge in [0.2, 0.25) is 0 Å². The highest BCUT2D eigenvalue weighted by Crippen LogP contribution is 2.26. The third-order valence-electron chi connectivity index (χ3n) is 5.62. The van der Waals surface area contributed by atoms with Crippen LogP contribution in [0, 0.1) is 6.92 Å². The van der Waals surface area contributed by atoms with Crippen molar-refractivity contribution in [1.82, 2.24) is 25.1 Å². The van der Waals surface area contributed by atoms with Crippen molar-refractivity contribution in [3.63, 3.8) is 0 Å². The Morgan fingerprint density at radius 1 is 1.03 bits per heavy atom. The normalized spacial score (nSPS) is 15.3. The lowest BCUT2D eigenvalue weighted by Gasteiger charge is -2.39. The molecule has 0 aliphatic carbocycles. The van der Waals surface area contributed by atoms with Crippen LogP contribution < -0.4 is 5.32 Å². The molecule has 1 unspecified atom stereocenters. The SMILES string of the molecule is CCOC(=O)CNC(=O)N1CCN(C(=O)c2nc(C)nc(-c3ccccc3)c2C(=O)OCC)CC1C. The average Bonchev–Trinajstić information content (AvgIpc) is 2.87. The topological polar surface area (TPSA) is 131 Å². The van der Waals surface area contributed by atoms with Gasteiger partial charge < -0.3 is 24.6 Å². The lowest BCUT2D eigenvalue weighted by atomic mass is 10.0. The van der Waals surface area contributed by atoms with Crippen molar-refractivity contribution in [2.24, 2.45) is 0 Å². The number of aryl methyl sites for hydroxylation is 1. The Balaban J connectivity index is 1.84. The number of carbonyl (C=O) groups excluding carboxylic acids is 4. The maximum atomic E-state index is 13.6. The molecule has 0 spiro atoms. The Morgan fingerprint density at radius 2 is 1.72 bits per heavy atom. The Kier molecular flexibility index (Phi) is 8.93. The third kappa shape index (κ3) is 6.15. The number of esters is 2. The molecule has 1 saturated heterocycles. The lowest BCUT2D eigenvalue weighted by Crippen LogP contribution is -2.58. The standard InChI is InChI=1S/C25H31N5O6/c1-5-35-19(31)14-26-25(34)30-13-12-29(15-16(30)3)23(32)22-20(24(33)36-6-2)21(27-17(4)28-22)18-10-8-7-9-11-18/h7-11,16H,5-6,12-15H2,1-4H3,(H,26,34). The summed E-state index contributed by atoms with van der Waals surface area (Å²) in [6, 6.07) is 8.32. The van der Waals surface area contributed by atoms with Crippen molar-refractivity contribution in [3.05, 3.63) is 47.4 Å². The number of nitrogens with one attached hydrogen (secondary N) is 1. The molecule has 36 heavy (non-hydrogen) atoms. The largest absolute Gasteiger partial charge is 0.465 e. The lowest BCUT2D eigenvalue weighted by molar-refractivity contribution is -0.141. The number of urea groups is 1. The number of carbonyl (C=O) groups is 4. The van der Waals surface area contributed by atoms with E-state index in [1.165, 1.54) is 0 Å². The van der Waals surface area contributed by atoms with Gasteiger partial charge in [0, 0.05) is 31.2 Å². The van der Waals surface area contributed by atoms with Gasteiger partial charge in [0.1, 0.15) is 23.6 Å². The Labute approximate surface area is 209 Å². The molecular weight excluding hydrogens is 466 g/mol. The zero-order chi connectivity index (χ0) is 26.2. The number of ether oxygens (including phenoxy) is 2. The average molecular weight is 498 g/mol. The summed E-state index contributed by atoms with van der Waals surface area (Å²) in [5, 5.41) is 2.54. The Hall–Kier alpha value is -4.02. The zero-order valence-corrected chi connectivity index (χ0v) is 20.9. The molecular formula is C25H31N5O6. The number of hydrogen-bond donors (Lipinski definition) is 1. The molecule has 192 valence electrons. The van der Waals surface area contributed by atoms with Gasteiger partial charge in [-0.05, 0) is 27.7 Å². The fourth-order valence-electron chi connectivity index (χ4n) is 3.98. The van der Waals surface area contributed by atoms with Crippen molar-refractivity contribution < 1.29 is 28.7 Å². The summed E-state index contributed by atoms with van der Waals surface area (Å²) in [5.74, 6) is -1.30. The van der Waals surface area contributed by atoms with Crippen LogP contribution in [-0.4, -0.2) is 89.1 Å². The molecule has 2 heterocycles. The van der Waals surface area contributed by atoms with Gasteiger partial charge in [-0.15, -0.1) is 0 Å². The highest BCUT2D eigenvalue weighted by Gasteiger charge is 2.34.